The van der Waals surface area contributed by atoms with Gasteiger partial charge in [0.1, 0.15) is 0 Å². The van der Waals surface area contributed by atoms with Crippen molar-refractivity contribution in [2.75, 3.05) is 12.4 Å². The second kappa shape index (κ2) is 4.08. The van der Waals surface area contributed by atoms with Crippen molar-refractivity contribution in [2.45, 2.75) is 20.3 Å². The fraction of sp³-hybridized carbons (Fsp3) is 0.364. The zero-order chi connectivity index (χ0) is 9.84. The molecule has 0 saturated heterocycles. The summed E-state index contributed by atoms with van der Waals surface area (Å²) in [6.45, 7) is 3.94. The standard InChI is InChI=1S/C11H16N2/c1-4-9-5-6-11(13-3)10(7-9)8(2)12/h5-7,12-13H,4H2,1-3H3. The second-order valence-electron chi connectivity index (χ2n) is 3.11. The average Bonchev–Trinajstić information content (AvgIpc) is 2.16. The Hall–Kier alpha value is -1.31. The maximum absolute atomic E-state index is 7.61. The third-order valence-corrected chi connectivity index (χ3v) is 2.17. The molecule has 0 spiro atoms. The predicted molar refractivity (Wildman–Crippen MR) is 57.9 cm³/mol. The molecule has 13 heavy (non-hydrogen) atoms. The molecular weight excluding hydrogens is 160 g/mol. The molecule has 70 valence electrons. The Bertz CT molecular complexity index is 316. The van der Waals surface area contributed by atoms with Crippen LogP contribution in [0.2, 0.25) is 0 Å². The van der Waals surface area contributed by atoms with Gasteiger partial charge in [-0.05, 0) is 31.0 Å². The highest BCUT2D eigenvalue weighted by atomic mass is 14.8. The molecule has 0 amide bonds. The number of benzene rings is 1. The maximum Gasteiger partial charge on any atom is 0.0429 e. The van der Waals surface area contributed by atoms with Crippen LogP contribution in [0.1, 0.15) is 25.0 Å². The largest absolute Gasteiger partial charge is 0.388 e. The van der Waals surface area contributed by atoms with Gasteiger partial charge in [-0.2, -0.15) is 0 Å². The van der Waals surface area contributed by atoms with Crippen LogP contribution in [0.5, 0.6) is 0 Å². The summed E-state index contributed by atoms with van der Waals surface area (Å²) < 4.78 is 0. The van der Waals surface area contributed by atoms with Crippen LogP contribution in [-0.2, 0) is 6.42 Å². The Kier molecular flexibility index (Phi) is 3.07. The van der Waals surface area contributed by atoms with E-state index in [0.29, 0.717) is 5.71 Å². The van der Waals surface area contributed by atoms with Crippen molar-refractivity contribution in [1.29, 1.82) is 5.41 Å². The van der Waals surface area contributed by atoms with Crippen molar-refractivity contribution in [3.63, 3.8) is 0 Å². The summed E-state index contributed by atoms with van der Waals surface area (Å²) in [4.78, 5) is 0. The molecule has 0 aliphatic rings. The van der Waals surface area contributed by atoms with Crippen molar-refractivity contribution in [3.05, 3.63) is 29.3 Å². The zero-order valence-corrected chi connectivity index (χ0v) is 8.44. The molecule has 1 rings (SSSR count). The zero-order valence-electron chi connectivity index (χ0n) is 8.44. The third kappa shape index (κ3) is 2.08. The molecule has 2 N–H and O–H groups in total. The van der Waals surface area contributed by atoms with Crippen LogP contribution in [0.3, 0.4) is 0 Å². The summed E-state index contributed by atoms with van der Waals surface area (Å²) in [7, 11) is 1.88. The molecule has 1 aromatic rings. The minimum Gasteiger partial charge on any atom is -0.388 e. The van der Waals surface area contributed by atoms with Gasteiger partial charge in [-0.1, -0.05) is 13.0 Å². The summed E-state index contributed by atoms with van der Waals surface area (Å²) in [6.07, 6.45) is 1.02. The quantitative estimate of drug-likeness (QED) is 0.682. The van der Waals surface area contributed by atoms with E-state index in [1.165, 1.54) is 5.56 Å². The Morgan fingerprint density at radius 2 is 2.15 bits per heavy atom. The van der Waals surface area contributed by atoms with Gasteiger partial charge in [0.15, 0.2) is 0 Å². The first kappa shape index (κ1) is 9.78. The summed E-state index contributed by atoms with van der Waals surface area (Å²) in [5.74, 6) is 0. The predicted octanol–water partition coefficient (Wildman–Crippen LogP) is 2.68. The lowest BCUT2D eigenvalue weighted by molar-refractivity contribution is 1.14. The lowest BCUT2D eigenvalue weighted by atomic mass is 10.0. The molecule has 0 bridgehead atoms. The Morgan fingerprint density at radius 3 is 2.62 bits per heavy atom. The first-order valence-electron chi connectivity index (χ1n) is 4.55. The van der Waals surface area contributed by atoms with Gasteiger partial charge in [-0.15, -0.1) is 0 Å². The summed E-state index contributed by atoms with van der Waals surface area (Å²) in [5, 5.41) is 10.7. The van der Waals surface area contributed by atoms with E-state index >= 15 is 0 Å². The number of hydrogen-bond acceptors (Lipinski definition) is 2. The monoisotopic (exact) mass is 176 g/mol. The van der Waals surface area contributed by atoms with E-state index in [0.717, 1.165) is 17.7 Å². The van der Waals surface area contributed by atoms with Gasteiger partial charge in [0.25, 0.3) is 0 Å². The average molecular weight is 176 g/mol. The Balaban J connectivity index is 3.18. The molecule has 0 heterocycles. The van der Waals surface area contributed by atoms with Gasteiger partial charge in [-0.3, -0.25) is 0 Å². The van der Waals surface area contributed by atoms with Crippen LogP contribution in [0.4, 0.5) is 5.69 Å². The Morgan fingerprint density at radius 1 is 1.46 bits per heavy atom. The van der Waals surface area contributed by atoms with Gasteiger partial charge in [-0.25, -0.2) is 0 Å². The molecule has 0 radical (unpaired) electrons. The number of rotatable bonds is 3. The van der Waals surface area contributed by atoms with Crippen molar-refractivity contribution in [3.8, 4) is 0 Å². The second-order valence-corrected chi connectivity index (χ2v) is 3.11. The van der Waals surface area contributed by atoms with Crippen molar-refractivity contribution >= 4 is 11.4 Å². The van der Waals surface area contributed by atoms with E-state index in [-0.39, 0.29) is 0 Å². The van der Waals surface area contributed by atoms with Gasteiger partial charge in [0.05, 0.1) is 0 Å². The molecule has 2 heteroatoms. The van der Waals surface area contributed by atoms with E-state index in [9.17, 15) is 0 Å². The first-order chi connectivity index (χ1) is 6.19. The topological polar surface area (TPSA) is 35.9 Å². The number of nitrogens with one attached hydrogen (secondary N) is 2. The normalized spacial score (nSPS) is 9.77. The van der Waals surface area contributed by atoms with Crippen LogP contribution in [-0.4, -0.2) is 12.8 Å². The highest BCUT2D eigenvalue weighted by Gasteiger charge is 2.03. The molecule has 2 nitrogen and oxygen atoms in total. The minimum absolute atomic E-state index is 0.611. The third-order valence-electron chi connectivity index (χ3n) is 2.17. The van der Waals surface area contributed by atoms with Gasteiger partial charge in [0.2, 0.25) is 0 Å². The van der Waals surface area contributed by atoms with E-state index in [4.69, 9.17) is 5.41 Å². The van der Waals surface area contributed by atoms with E-state index in [2.05, 4.69) is 24.4 Å². The van der Waals surface area contributed by atoms with Gasteiger partial charge >= 0.3 is 0 Å². The summed E-state index contributed by atoms with van der Waals surface area (Å²) in [6, 6.07) is 6.21. The maximum atomic E-state index is 7.61. The molecule has 0 aromatic heterocycles. The lowest BCUT2D eigenvalue weighted by Gasteiger charge is -2.09. The smallest absolute Gasteiger partial charge is 0.0429 e. The highest BCUT2D eigenvalue weighted by molar-refractivity contribution is 6.01. The molecule has 1 aromatic carbocycles. The van der Waals surface area contributed by atoms with Gasteiger partial charge < -0.3 is 10.7 Å². The van der Waals surface area contributed by atoms with Crippen molar-refractivity contribution < 1.29 is 0 Å². The van der Waals surface area contributed by atoms with Crippen LogP contribution >= 0.6 is 0 Å². The SMILES string of the molecule is CCc1ccc(NC)c(C(C)=N)c1. The fourth-order valence-electron chi connectivity index (χ4n) is 1.34. The lowest BCUT2D eigenvalue weighted by Crippen LogP contribution is -2.01. The molecule has 0 fully saturated rings. The van der Waals surface area contributed by atoms with Crippen LogP contribution in [0.25, 0.3) is 0 Å². The fourth-order valence-corrected chi connectivity index (χ4v) is 1.34. The van der Waals surface area contributed by atoms with Crippen molar-refractivity contribution in [2.24, 2.45) is 0 Å². The molecule has 0 aliphatic carbocycles. The molecule has 0 saturated carbocycles. The molecule has 0 aliphatic heterocycles. The molecule has 0 unspecified atom stereocenters. The van der Waals surface area contributed by atoms with Crippen LogP contribution < -0.4 is 5.32 Å². The number of aryl methyl sites for hydroxylation is 1. The van der Waals surface area contributed by atoms with Crippen LogP contribution in [0, 0.1) is 5.41 Å². The van der Waals surface area contributed by atoms with E-state index in [1.54, 1.807) is 0 Å². The van der Waals surface area contributed by atoms with Crippen LogP contribution in [0.15, 0.2) is 18.2 Å². The minimum atomic E-state index is 0.611. The van der Waals surface area contributed by atoms with Crippen molar-refractivity contribution in [1.82, 2.24) is 0 Å². The number of hydrogen-bond donors (Lipinski definition) is 2. The number of anilines is 1. The molecule has 0 atom stereocenters. The summed E-state index contributed by atoms with van der Waals surface area (Å²) in [5.41, 5.74) is 3.92. The Labute approximate surface area is 79.5 Å². The van der Waals surface area contributed by atoms with E-state index < -0.39 is 0 Å². The summed E-state index contributed by atoms with van der Waals surface area (Å²) >= 11 is 0. The van der Waals surface area contributed by atoms with Gasteiger partial charge in [0, 0.05) is 24.0 Å². The first-order valence-corrected chi connectivity index (χ1v) is 4.55. The molecular formula is C11H16N2. The van der Waals surface area contributed by atoms with E-state index in [1.807, 2.05) is 20.0 Å². The highest BCUT2D eigenvalue weighted by Crippen LogP contribution is 2.17.